The van der Waals surface area contributed by atoms with Crippen LogP contribution in [-0.4, -0.2) is 52.9 Å². The molecule has 1 aliphatic rings. The average molecular weight is 439 g/mol. The summed E-state index contributed by atoms with van der Waals surface area (Å²) in [6, 6.07) is 16.9. The summed E-state index contributed by atoms with van der Waals surface area (Å²) in [5.74, 6) is 0.290. The van der Waals surface area contributed by atoms with E-state index in [-0.39, 0.29) is 5.78 Å². The number of aromatic nitrogens is 2. The van der Waals surface area contributed by atoms with Crippen molar-refractivity contribution in [3.63, 3.8) is 0 Å². The Morgan fingerprint density at radius 3 is 2.50 bits per heavy atom. The van der Waals surface area contributed by atoms with E-state index in [0.29, 0.717) is 30.3 Å². The lowest BCUT2D eigenvalue weighted by Gasteiger charge is -2.23. The highest BCUT2D eigenvalue weighted by molar-refractivity contribution is 9.10. The van der Waals surface area contributed by atoms with E-state index in [4.69, 9.17) is 4.74 Å². The van der Waals surface area contributed by atoms with Crippen LogP contribution in [-0.2, 0) is 4.74 Å². The summed E-state index contributed by atoms with van der Waals surface area (Å²) in [5.41, 5.74) is 1.89. The molecule has 0 unspecified atom stereocenters. The molecule has 0 spiro atoms. The maximum Gasteiger partial charge on any atom is 0.213 e. The number of morpholine rings is 1. The second-order valence-electron chi connectivity index (χ2n) is 6.35. The van der Waals surface area contributed by atoms with Crippen molar-refractivity contribution in [1.82, 2.24) is 14.5 Å². The first kappa shape index (κ1) is 18.6. The fraction of sp³-hybridized carbons (Fsp3) is 0.190. The van der Waals surface area contributed by atoms with Crippen LogP contribution in [0.2, 0.25) is 0 Å². The smallest absolute Gasteiger partial charge is 0.213 e. The summed E-state index contributed by atoms with van der Waals surface area (Å²) in [6.07, 6.45) is 3.39. The normalized spacial score (nSPS) is 14.5. The molecule has 1 aliphatic heterocycles. The van der Waals surface area contributed by atoms with Crippen molar-refractivity contribution in [2.75, 3.05) is 26.3 Å². The molecule has 0 atom stereocenters. The first-order valence-electron chi connectivity index (χ1n) is 9.01. The number of ether oxygens (including phenoxy) is 1. The number of aliphatic imine (C=N–C) groups is 1. The van der Waals surface area contributed by atoms with Gasteiger partial charge in [0.1, 0.15) is 12.0 Å². The topological polar surface area (TPSA) is 59.7 Å². The van der Waals surface area contributed by atoms with Gasteiger partial charge in [0.25, 0.3) is 0 Å². The largest absolute Gasteiger partial charge is 0.378 e. The molecule has 4 rings (SSSR count). The van der Waals surface area contributed by atoms with E-state index in [1.807, 2.05) is 42.5 Å². The van der Waals surface area contributed by atoms with Gasteiger partial charge in [0, 0.05) is 28.8 Å². The number of rotatable bonds is 5. The highest BCUT2D eigenvalue weighted by atomic mass is 79.9. The second kappa shape index (κ2) is 8.50. The zero-order chi connectivity index (χ0) is 19.3. The van der Waals surface area contributed by atoms with E-state index in [1.54, 1.807) is 29.4 Å². The monoisotopic (exact) mass is 438 g/mol. The molecule has 2 aromatic carbocycles. The Balaban J connectivity index is 1.74. The summed E-state index contributed by atoms with van der Waals surface area (Å²) in [5, 5.41) is 0. The Labute approximate surface area is 171 Å². The molecule has 0 saturated carbocycles. The van der Waals surface area contributed by atoms with Gasteiger partial charge in [-0.2, -0.15) is 0 Å². The van der Waals surface area contributed by atoms with Crippen LogP contribution in [0.25, 0.3) is 5.69 Å². The predicted molar refractivity (Wildman–Crippen MR) is 112 cm³/mol. The van der Waals surface area contributed by atoms with E-state index in [0.717, 1.165) is 23.2 Å². The number of ketones is 1. The number of carbonyl (C=O) groups excluding carboxylic acids is 1. The molecule has 6 nitrogen and oxygen atoms in total. The molecule has 0 N–H and O–H groups in total. The second-order valence-corrected chi connectivity index (χ2v) is 7.27. The van der Waals surface area contributed by atoms with Crippen molar-refractivity contribution >= 4 is 33.9 Å². The van der Waals surface area contributed by atoms with Crippen LogP contribution in [0.15, 0.2) is 70.4 Å². The molecule has 1 fully saturated rings. The molecular formula is C21H19BrN4O2. The van der Waals surface area contributed by atoms with E-state index in [9.17, 15) is 4.79 Å². The maximum absolute atomic E-state index is 13.3. The molecule has 1 saturated heterocycles. The van der Waals surface area contributed by atoms with Crippen LogP contribution in [0.4, 0.5) is 5.82 Å². The van der Waals surface area contributed by atoms with E-state index < -0.39 is 0 Å². The van der Waals surface area contributed by atoms with Gasteiger partial charge in [0.15, 0.2) is 5.82 Å². The van der Waals surface area contributed by atoms with Crippen LogP contribution >= 0.6 is 15.9 Å². The molecular weight excluding hydrogens is 420 g/mol. The maximum atomic E-state index is 13.3. The van der Waals surface area contributed by atoms with Crippen molar-refractivity contribution in [3.8, 4) is 5.69 Å². The third kappa shape index (κ3) is 4.05. The van der Waals surface area contributed by atoms with E-state index in [1.165, 1.54) is 0 Å². The fourth-order valence-corrected chi connectivity index (χ4v) is 3.26. The van der Waals surface area contributed by atoms with Gasteiger partial charge in [-0.3, -0.25) is 9.36 Å². The molecule has 3 aromatic rings. The third-order valence-electron chi connectivity index (χ3n) is 4.49. The minimum atomic E-state index is -0.116. The van der Waals surface area contributed by atoms with Crippen LogP contribution in [0.5, 0.6) is 0 Å². The SMILES string of the molecule is O=C(c1ccccc1)c1c(/N=C/N2CCOCC2)ncn1-c1ccc(Br)cc1. The van der Waals surface area contributed by atoms with E-state index >= 15 is 0 Å². The Hall–Kier alpha value is -2.77. The van der Waals surface area contributed by atoms with Gasteiger partial charge in [-0.05, 0) is 24.3 Å². The van der Waals surface area contributed by atoms with Gasteiger partial charge in [0.05, 0.1) is 19.6 Å². The van der Waals surface area contributed by atoms with Gasteiger partial charge in [-0.25, -0.2) is 9.98 Å². The molecule has 0 aliphatic carbocycles. The minimum Gasteiger partial charge on any atom is -0.378 e. The summed E-state index contributed by atoms with van der Waals surface area (Å²) in [4.78, 5) is 24.3. The first-order valence-corrected chi connectivity index (χ1v) is 9.81. The third-order valence-corrected chi connectivity index (χ3v) is 5.02. The summed E-state index contributed by atoms with van der Waals surface area (Å²) >= 11 is 3.45. The zero-order valence-corrected chi connectivity index (χ0v) is 16.7. The van der Waals surface area contributed by atoms with Crippen LogP contribution in [0.1, 0.15) is 16.1 Å². The molecule has 2 heterocycles. The van der Waals surface area contributed by atoms with Crippen LogP contribution < -0.4 is 0 Å². The standard InChI is InChI=1S/C21H19BrN4O2/c22-17-6-8-18(9-7-17)26-15-24-21(23-14-25-10-12-28-13-11-25)19(26)20(27)16-4-2-1-3-5-16/h1-9,14-15H,10-13H2/b23-14+. The summed E-state index contributed by atoms with van der Waals surface area (Å²) in [7, 11) is 0. The molecule has 0 amide bonds. The number of imidazole rings is 1. The predicted octanol–water partition coefficient (Wildman–Crippen LogP) is 3.86. The van der Waals surface area contributed by atoms with Crippen molar-refractivity contribution in [2.45, 2.75) is 0 Å². The average Bonchev–Trinajstić information content (AvgIpc) is 3.17. The molecule has 0 radical (unpaired) electrons. The Morgan fingerprint density at radius 1 is 1.07 bits per heavy atom. The number of nitrogens with zero attached hydrogens (tertiary/aromatic N) is 4. The fourth-order valence-electron chi connectivity index (χ4n) is 3.00. The molecule has 7 heteroatoms. The highest BCUT2D eigenvalue weighted by Crippen LogP contribution is 2.25. The van der Waals surface area contributed by atoms with Crippen molar-refractivity contribution < 1.29 is 9.53 Å². The quantitative estimate of drug-likeness (QED) is 0.344. The van der Waals surface area contributed by atoms with Crippen molar-refractivity contribution in [3.05, 3.63) is 76.7 Å². The number of halogens is 1. The summed E-state index contributed by atoms with van der Waals surface area (Å²) < 4.78 is 8.12. The number of carbonyl (C=O) groups is 1. The van der Waals surface area contributed by atoms with Crippen molar-refractivity contribution in [1.29, 1.82) is 0 Å². The van der Waals surface area contributed by atoms with Crippen LogP contribution in [0.3, 0.4) is 0 Å². The summed E-state index contributed by atoms with van der Waals surface area (Å²) in [6.45, 7) is 2.90. The zero-order valence-electron chi connectivity index (χ0n) is 15.2. The van der Waals surface area contributed by atoms with Crippen molar-refractivity contribution in [2.24, 2.45) is 4.99 Å². The Morgan fingerprint density at radius 2 is 1.79 bits per heavy atom. The van der Waals surface area contributed by atoms with Gasteiger partial charge >= 0.3 is 0 Å². The number of hydrogen-bond acceptors (Lipinski definition) is 4. The molecule has 142 valence electrons. The Bertz CT molecular complexity index is 977. The minimum absolute atomic E-state index is 0.116. The van der Waals surface area contributed by atoms with Crippen LogP contribution in [0, 0.1) is 0 Å². The van der Waals surface area contributed by atoms with Gasteiger partial charge in [0.2, 0.25) is 5.78 Å². The van der Waals surface area contributed by atoms with Gasteiger partial charge < -0.3 is 9.64 Å². The van der Waals surface area contributed by atoms with E-state index in [2.05, 4.69) is 30.8 Å². The first-order chi connectivity index (χ1) is 13.7. The lowest BCUT2D eigenvalue weighted by molar-refractivity contribution is 0.0701. The molecule has 1 aromatic heterocycles. The lowest BCUT2D eigenvalue weighted by Crippen LogP contribution is -2.35. The number of benzene rings is 2. The lowest BCUT2D eigenvalue weighted by atomic mass is 10.1. The van der Waals surface area contributed by atoms with Gasteiger partial charge in [-0.15, -0.1) is 0 Å². The highest BCUT2D eigenvalue weighted by Gasteiger charge is 2.21. The van der Waals surface area contributed by atoms with Gasteiger partial charge in [-0.1, -0.05) is 46.3 Å². The number of hydrogen-bond donors (Lipinski definition) is 0. The Kier molecular flexibility index (Phi) is 5.64. The molecule has 0 bridgehead atoms. The molecule has 28 heavy (non-hydrogen) atoms.